The fourth-order valence-electron chi connectivity index (χ4n) is 3.99. The minimum Gasteiger partial charge on any atom is -0.491 e. The summed E-state index contributed by atoms with van der Waals surface area (Å²) in [5, 5.41) is 0. The van der Waals surface area contributed by atoms with Gasteiger partial charge in [0.05, 0.1) is 0 Å². The number of hydrogen-bond donors (Lipinski definition) is 0. The van der Waals surface area contributed by atoms with Crippen molar-refractivity contribution >= 4 is 0 Å². The van der Waals surface area contributed by atoms with Gasteiger partial charge in [-0.05, 0) is 61.2 Å². The van der Waals surface area contributed by atoms with Gasteiger partial charge in [0.15, 0.2) is 11.6 Å². The fourth-order valence-corrected chi connectivity index (χ4v) is 3.99. The SMILES string of the molecule is CCCCCCC(F)COc1ccc(-c2cnc(-c3ccc(OOC4CCCCO4)cc3)nc2)cc1. The molecule has 0 spiro atoms. The summed E-state index contributed by atoms with van der Waals surface area (Å²) in [6.45, 7) is 2.95. The summed E-state index contributed by atoms with van der Waals surface area (Å²) in [6.07, 6.45) is 10.2. The van der Waals surface area contributed by atoms with Gasteiger partial charge in [0, 0.05) is 36.5 Å². The lowest BCUT2D eigenvalue weighted by Gasteiger charge is -2.21. The number of rotatable bonds is 13. The molecule has 1 aromatic heterocycles. The molecule has 36 heavy (non-hydrogen) atoms. The van der Waals surface area contributed by atoms with Crippen LogP contribution < -0.4 is 9.62 Å². The smallest absolute Gasteiger partial charge is 0.202 e. The van der Waals surface area contributed by atoms with E-state index in [1.165, 1.54) is 0 Å². The van der Waals surface area contributed by atoms with E-state index >= 15 is 0 Å². The number of aromatic nitrogens is 2. The van der Waals surface area contributed by atoms with Crippen LogP contribution in [-0.2, 0) is 9.62 Å². The average molecular weight is 495 g/mol. The van der Waals surface area contributed by atoms with Gasteiger partial charge in [-0.2, -0.15) is 4.89 Å². The maximum absolute atomic E-state index is 14.0. The number of halogens is 1. The predicted octanol–water partition coefficient (Wildman–Crippen LogP) is 7.33. The van der Waals surface area contributed by atoms with Crippen LogP contribution in [0.3, 0.4) is 0 Å². The topological polar surface area (TPSA) is 62.7 Å². The number of unbranched alkanes of at least 4 members (excludes halogenated alkanes) is 3. The minimum absolute atomic E-state index is 0.0909. The molecule has 6 nitrogen and oxygen atoms in total. The number of ether oxygens (including phenoxy) is 2. The second-order valence-electron chi connectivity index (χ2n) is 9.08. The first-order valence-electron chi connectivity index (χ1n) is 13.0. The van der Waals surface area contributed by atoms with Gasteiger partial charge in [0.2, 0.25) is 6.29 Å². The number of nitrogens with zero attached hydrogens (tertiary/aromatic N) is 2. The molecule has 192 valence electrons. The predicted molar refractivity (Wildman–Crippen MR) is 137 cm³/mol. The largest absolute Gasteiger partial charge is 0.491 e. The zero-order valence-corrected chi connectivity index (χ0v) is 20.9. The zero-order valence-electron chi connectivity index (χ0n) is 20.9. The number of alkyl halides is 1. The van der Waals surface area contributed by atoms with Crippen molar-refractivity contribution in [3.63, 3.8) is 0 Å². The third-order valence-electron chi connectivity index (χ3n) is 6.14. The lowest BCUT2D eigenvalue weighted by atomic mass is 10.1. The van der Waals surface area contributed by atoms with Gasteiger partial charge in [0.1, 0.15) is 18.5 Å². The Bertz CT molecular complexity index is 1020. The van der Waals surface area contributed by atoms with E-state index in [1.54, 1.807) is 12.4 Å². The highest BCUT2D eigenvalue weighted by molar-refractivity contribution is 5.64. The number of hydrogen-bond acceptors (Lipinski definition) is 6. The molecule has 0 saturated carbocycles. The summed E-state index contributed by atoms with van der Waals surface area (Å²) in [5.74, 6) is 1.88. The lowest BCUT2D eigenvalue weighted by molar-refractivity contribution is -0.327. The van der Waals surface area contributed by atoms with Crippen molar-refractivity contribution in [3.8, 4) is 34.0 Å². The van der Waals surface area contributed by atoms with Crippen LogP contribution in [0.2, 0.25) is 0 Å². The lowest BCUT2D eigenvalue weighted by Crippen LogP contribution is -2.23. The maximum atomic E-state index is 14.0. The van der Waals surface area contributed by atoms with Crippen LogP contribution in [0.4, 0.5) is 4.39 Å². The molecule has 0 bridgehead atoms. The Morgan fingerprint density at radius 3 is 2.31 bits per heavy atom. The molecule has 1 aliphatic heterocycles. The third kappa shape index (κ3) is 8.00. The molecule has 2 heterocycles. The van der Waals surface area contributed by atoms with Crippen molar-refractivity contribution in [2.75, 3.05) is 13.2 Å². The minimum atomic E-state index is -0.929. The van der Waals surface area contributed by atoms with Gasteiger partial charge in [-0.1, -0.05) is 44.7 Å². The fraction of sp³-hybridized carbons (Fsp3) is 0.448. The summed E-state index contributed by atoms with van der Waals surface area (Å²) in [6, 6.07) is 15.0. The molecular weight excluding hydrogens is 459 g/mol. The third-order valence-corrected chi connectivity index (χ3v) is 6.14. The van der Waals surface area contributed by atoms with Crippen LogP contribution in [0.5, 0.6) is 11.5 Å². The van der Waals surface area contributed by atoms with Crippen LogP contribution in [0.15, 0.2) is 60.9 Å². The molecule has 1 aliphatic rings. The quantitative estimate of drug-likeness (QED) is 0.141. The zero-order chi connectivity index (χ0) is 25.0. The van der Waals surface area contributed by atoms with Gasteiger partial charge < -0.3 is 14.4 Å². The molecular formula is C29H35FN2O4. The molecule has 4 rings (SSSR count). The molecule has 0 amide bonds. The molecule has 0 N–H and O–H groups in total. The highest BCUT2D eigenvalue weighted by Gasteiger charge is 2.16. The Morgan fingerprint density at radius 1 is 0.889 bits per heavy atom. The van der Waals surface area contributed by atoms with Gasteiger partial charge in [-0.15, -0.1) is 0 Å². The van der Waals surface area contributed by atoms with Crippen molar-refractivity contribution in [3.05, 3.63) is 60.9 Å². The molecule has 2 unspecified atom stereocenters. The summed E-state index contributed by atoms with van der Waals surface area (Å²) < 4.78 is 25.1. The van der Waals surface area contributed by atoms with Gasteiger partial charge >= 0.3 is 0 Å². The first kappa shape index (κ1) is 26.0. The molecule has 3 aromatic rings. The van der Waals surface area contributed by atoms with Crippen molar-refractivity contribution < 1.29 is 23.6 Å². The second-order valence-corrected chi connectivity index (χ2v) is 9.08. The van der Waals surface area contributed by atoms with E-state index in [-0.39, 0.29) is 12.9 Å². The monoisotopic (exact) mass is 494 g/mol. The van der Waals surface area contributed by atoms with Crippen molar-refractivity contribution in [2.45, 2.75) is 70.8 Å². The molecule has 0 radical (unpaired) electrons. The van der Waals surface area contributed by atoms with Gasteiger partial charge in [-0.25, -0.2) is 14.4 Å². The average Bonchev–Trinajstić information content (AvgIpc) is 2.94. The standard InChI is InChI=1S/C29H35FN2O4/c1-2-3-4-5-8-25(30)21-34-26-14-10-22(11-15-26)24-19-31-29(32-20-24)23-12-16-27(17-13-23)35-36-28-9-6-7-18-33-28/h10-17,19-20,25,28H,2-9,18,21H2,1H3. The van der Waals surface area contributed by atoms with Crippen LogP contribution in [-0.4, -0.2) is 35.6 Å². The summed E-state index contributed by atoms with van der Waals surface area (Å²) in [4.78, 5) is 19.8. The highest BCUT2D eigenvalue weighted by atomic mass is 19.1. The summed E-state index contributed by atoms with van der Waals surface area (Å²) >= 11 is 0. The molecule has 1 fully saturated rings. The molecule has 2 atom stereocenters. The Kier molecular flexibility index (Phi) is 10.1. The maximum Gasteiger partial charge on any atom is 0.202 e. The Hall–Kier alpha value is -3.03. The van der Waals surface area contributed by atoms with Crippen LogP contribution in [0.25, 0.3) is 22.5 Å². The van der Waals surface area contributed by atoms with E-state index in [0.717, 1.165) is 61.6 Å². The Balaban J connectivity index is 1.26. The number of benzene rings is 2. The van der Waals surface area contributed by atoms with E-state index in [9.17, 15) is 4.39 Å². The molecule has 2 aromatic carbocycles. The second kappa shape index (κ2) is 13.9. The van der Waals surface area contributed by atoms with Gasteiger partial charge in [-0.3, -0.25) is 0 Å². The van der Waals surface area contributed by atoms with Crippen molar-refractivity contribution in [1.82, 2.24) is 9.97 Å². The summed E-state index contributed by atoms with van der Waals surface area (Å²) in [5.41, 5.74) is 2.74. The van der Waals surface area contributed by atoms with E-state index < -0.39 is 6.17 Å². The van der Waals surface area contributed by atoms with Gasteiger partial charge in [0.25, 0.3) is 0 Å². The van der Waals surface area contributed by atoms with E-state index in [0.29, 0.717) is 30.4 Å². The summed E-state index contributed by atoms with van der Waals surface area (Å²) in [7, 11) is 0. The normalized spacial score (nSPS) is 16.4. The van der Waals surface area contributed by atoms with Crippen molar-refractivity contribution in [1.29, 1.82) is 0 Å². The van der Waals surface area contributed by atoms with Crippen LogP contribution in [0, 0.1) is 0 Å². The molecule has 1 saturated heterocycles. The molecule has 0 aliphatic carbocycles. The van der Waals surface area contributed by atoms with Crippen LogP contribution in [0.1, 0.15) is 58.3 Å². The van der Waals surface area contributed by atoms with E-state index in [4.69, 9.17) is 19.2 Å². The van der Waals surface area contributed by atoms with Crippen LogP contribution >= 0.6 is 0 Å². The van der Waals surface area contributed by atoms with Crippen molar-refractivity contribution in [2.24, 2.45) is 0 Å². The van der Waals surface area contributed by atoms with E-state index in [2.05, 4.69) is 16.9 Å². The Morgan fingerprint density at radius 2 is 1.61 bits per heavy atom. The highest BCUT2D eigenvalue weighted by Crippen LogP contribution is 2.25. The molecule has 7 heteroatoms. The Labute approximate surface area is 212 Å². The first-order chi connectivity index (χ1) is 17.7. The van der Waals surface area contributed by atoms with E-state index in [1.807, 2.05) is 48.5 Å². The first-order valence-corrected chi connectivity index (χ1v) is 13.0.